The Morgan fingerprint density at radius 2 is 2.00 bits per heavy atom. The van der Waals surface area contributed by atoms with Crippen LogP contribution in [0.5, 0.6) is 0 Å². The van der Waals surface area contributed by atoms with Crippen molar-refractivity contribution in [2.24, 2.45) is 5.73 Å². The number of carbonyl (C=O) groups excluding carboxylic acids is 1. The smallest absolute Gasteiger partial charge is 0.234 e. The number of carbonyl (C=O) groups is 1. The summed E-state index contributed by atoms with van der Waals surface area (Å²) in [6.45, 7) is 0. The maximum atomic E-state index is 11.4. The Morgan fingerprint density at radius 3 is 2.53 bits per heavy atom. The molecule has 1 saturated carbocycles. The van der Waals surface area contributed by atoms with Crippen molar-refractivity contribution in [3.05, 3.63) is 0 Å². The molecular formula is C13H26N2OS. The number of amides is 1. The third kappa shape index (κ3) is 6.32. The van der Waals surface area contributed by atoms with Gasteiger partial charge >= 0.3 is 0 Å². The Balaban J connectivity index is 2.33. The molecule has 0 aliphatic heterocycles. The van der Waals surface area contributed by atoms with Crippen molar-refractivity contribution in [2.45, 2.75) is 63.5 Å². The summed E-state index contributed by atoms with van der Waals surface area (Å²) in [7, 11) is 0. The predicted octanol–water partition coefficient (Wildman–Crippen LogP) is 2.30. The van der Waals surface area contributed by atoms with Gasteiger partial charge in [0.1, 0.15) is 0 Å². The molecule has 3 N–H and O–H groups in total. The van der Waals surface area contributed by atoms with Gasteiger partial charge in [0.05, 0.1) is 6.04 Å². The monoisotopic (exact) mass is 258 g/mol. The molecule has 0 bridgehead atoms. The lowest BCUT2D eigenvalue weighted by molar-refractivity contribution is -0.120. The van der Waals surface area contributed by atoms with Crippen molar-refractivity contribution in [1.82, 2.24) is 5.32 Å². The second-order valence-corrected chi connectivity index (χ2v) is 5.93. The first-order valence-electron chi connectivity index (χ1n) is 6.78. The van der Waals surface area contributed by atoms with Crippen molar-refractivity contribution in [3.8, 4) is 0 Å². The molecule has 1 unspecified atom stereocenters. The van der Waals surface area contributed by atoms with E-state index >= 15 is 0 Å². The second kappa shape index (κ2) is 8.81. The van der Waals surface area contributed by atoms with Crippen LogP contribution in [-0.4, -0.2) is 30.0 Å². The minimum atomic E-state index is -0.185. The Morgan fingerprint density at radius 1 is 1.35 bits per heavy atom. The first-order valence-corrected chi connectivity index (χ1v) is 8.17. The van der Waals surface area contributed by atoms with Crippen LogP contribution in [0.3, 0.4) is 0 Å². The van der Waals surface area contributed by atoms with E-state index in [1.807, 2.05) is 11.8 Å². The molecule has 0 aromatic carbocycles. The maximum absolute atomic E-state index is 11.4. The predicted molar refractivity (Wildman–Crippen MR) is 75.2 cm³/mol. The SMILES string of the molecule is CSCCCC(NC1CCCCCC1)C(N)=O. The van der Waals surface area contributed by atoms with Gasteiger partial charge in [0.2, 0.25) is 5.91 Å². The fourth-order valence-electron chi connectivity index (χ4n) is 2.47. The lowest BCUT2D eigenvalue weighted by Gasteiger charge is -2.22. The molecule has 3 nitrogen and oxygen atoms in total. The molecule has 4 heteroatoms. The number of hydrogen-bond acceptors (Lipinski definition) is 3. The average Bonchev–Trinajstić information content (AvgIpc) is 2.56. The van der Waals surface area contributed by atoms with Gasteiger partial charge < -0.3 is 11.1 Å². The summed E-state index contributed by atoms with van der Waals surface area (Å²) in [6, 6.07) is 0.384. The summed E-state index contributed by atoms with van der Waals surface area (Å²) in [5.74, 6) is 0.922. The molecule has 100 valence electrons. The van der Waals surface area contributed by atoms with Crippen molar-refractivity contribution in [3.63, 3.8) is 0 Å². The number of rotatable bonds is 7. The van der Waals surface area contributed by atoms with Gasteiger partial charge in [0, 0.05) is 6.04 Å². The standard InChI is InChI=1S/C13H26N2OS/c1-17-10-6-9-12(13(14)16)15-11-7-4-2-3-5-8-11/h11-12,15H,2-10H2,1H3,(H2,14,16). The van der Waals surface area contributed by atoms with Crippen LogP contribution in [0.25, 0.3) is 0 Å². The summed E-state index contributed by atoms with van der Waals surface area (Å²) in [5.41, 5.74) is 5.47. The van der Waals surface area contributed by atoms with Gasteiger partial charge in [0.15, 0.2) is 0 Å². The van der Waals surface area contributed by atoms with Crippen LogP contribution in [0, 0.1) is 0 Å². The highest BCUT2D eigenvalue weighted by Crippen LogP contribution is 2.18. The largest absolute Gasteiger partial charge is 0.368 e. The molecule has 1 amide bonds. The van der Waals surface area contributed by atoms with E-state index in [1.54, 1.807) is 0 Å². The number of nitrogens with one attached hydrogen (secondary N) is 1. The van der Waals surface area contributed by atoms with Gasteiger partial charge in [0.25, 0.3) is 0 Å². The third-order valence-electron chi connectivity index (χ3n) is 3.48. The highest BCUT2D eigenvalue weighted by atomic mass is 32.2. The molecule has 1 atom stereocenters. The average molecular weight is 258 g/mol. The summed E-state index contributed by atoms with van der Waals surface area (Å²) in [6.07, 6.45) is 11.7. The van der Waals surface area contributed by atoms with Crippen LogP contribution in [0.15, 0.2) is 0 Å². The van der Waals surface area contributed by atoms with Gasteiger partial charge in [-0.25, -0.2) is 0 Å². The Labute approximate surface area is 109 Å². The summed E-state index contributed by atoms with van der Waals surface area (Å²) in [4.78, 5) is 11.4. The zero-order valence-electron chi connectivity index (χ0n) is 10.9. The van der Waals surface area contributed by atoms with Crippen molar-refractivity contribution >= 4 is 17.7 Å². The van der Waals surface area contributed by atoms with E-state index in [-0.39, 0.29) is 11.9 Å². The van der Waals surface area contributed by atoms with E-state index in [1.165, 1.54) is 38.5 Å². The molecule has 1 fully saturated rings. The fraction of sp³-hybridized carbons (Fsp3) is 0.923. The van der Waals surface area contributed by atoms with Gasteiger partial charge in [-0.3, -0.25) is 4.79 Å². The fourth-order valence-corrected chi connectivity index (χ4v) is 2.93. The highest BCUT2D eigenvalue weighted by molar-refractivity contribution is 7.98. The summed E-state index contributed by atoms with van der Waals surface area (Å²) < 4.78 is 0. The number of hydrogen-bond donors (Lipinski definition) is 2. The van der Waals surface area contributed by atoms with Crippen molar-refractivity contribution in [2.75, 3.05) is 12.0 Å². The quantitative estimate of drug-likeness (QED) is 0.544. The zero-order chi connectivity index (χ0) is 12.5. The molecule has 0 aromatic rings. The van der Waals surface area contributed by atoms with Gasteiger partial charge in [-0.1, -0.05) is 25.7 Å². The molecular weight excluding hydrogens is 232 g/mol. The number of thioether (sulfide) groups is 1. The first-order chi connectivity index (χ1) is 8.24. The molecule has 0 heterocycles. The number of nitrogens with two attached hydrogens (primary N) is 1. The van der Waals surface area contributed by atoms with Crippen molar-refractivity contribution in [1.29, 1.82) is 0 Å². The van der Waals surface area contributed by atoms with Gasteiger partial charge in [-0.2, -0.15) is 11.8 Å². The lowest BCUT2D eigenvalue weighted by atomic mass is 10.1. The van der Waals surface area contributed by atoms with Crippen LogP contribution < -0.4 is 11.1 Å². The Kier molecular flexibility index (Phi) is 7.69. The van der Waals surface area contributed by atoms with Gasteiger partial charge in [-0.05, 0) is 37.7 Å². The molecule has 1 aliphatic carbocycles. The molecule has 0 saturated heterocycles. The lowest BCUT2D eigenvalue weighted by Crippen LogP contribution is -2.46. The van der Waals surface area contributed by atoms with E-state index < -0.39 is 0 Å². The van der Waals surface area contributed by atoms with Crippen LogP contribution in [0.2, 0.25) is 0 Å². The summed E-state index contributed by atoms with van der Waals surface area (Å²) >= 11 is 1.82. The maximum Gasteiger partial charge on any atom is 0.234 e. The third-order valence-corrected chi connectivity index (χ3v) is 4.17. The van der Waals surface area contributed by atoms with E-state index in [0.717, 1.165) is 18.6 Å². The molecule has 0 radical (unpaired) electrons. The molecule has 0 spiro atoms. The molecule has 0 aromatic heterocycles. The number of primary amides is 1. The molecule has 1 aliphatic rings. The summed E-state index contributed by atoms with van der Waals surface area (Å²) in [5, 5.41) is 3.47. The first kappa shape index (κ1) is 14.8. The van der Waals surface area contributed by atoms with E-state index in [0.29, 0.717) is 6.04 Å². The highest BCUT2D eigenvalue weighted by Gasteiger charge is 2.20. The topological polar surface area (TPSA) is 55.1 Å². The van der Waals surface area contributed by atoms with Crippen molar-refractivity contribution < 1.29 is 4.79 Å². The molecule has 17 heavy (non-hydrogen) atoms. The Bertz CT molecular complexity index is 215. The van der Waals surface area contributed by atoms with Gasteiger partial charge in [-0.15, -0.1) is 0 Å². The normalized spacial score (nSPS) is 19.8. The van der Waals surface area contributed by atoms with E-state index in [4.69, 9.17) is 5.73 Å². The Hall–Kier alpha value is -0.220. The minimum absolute atomic E-state index is 0.120. The minimum Gasteiger partial charge on any atom is -0.368 e. The van der Waals surface area contributed by atoms with Crippen LogP contribution >= 0.6 is 11.8 Å². The van der Waals surface area contributed by atoms with Crippen LogP contribution in [-0.2, 0) is 4.79 Å². The van der Waals surface area contributed by atoms with Crippen LogP contribution in [0.4, 0.5) is 0 Å². The second-order valence-electron chi connectivity index (χ2n) is 4.95. The van der Waals surface area contributed by atoms with E-state index in [2.05, 4.69) is 11.6 Å². The molecule has 1 rings (SSSR count). The zero-order valence-corrected chi connectivity index (χ0v) is 11.7. The van der Waals surface area contributed by atoms with E-state index in [9.17, 15) is 4.79 Å². The van der Waals surface area contributed by atoms with Crippen LogP contribution in [0.1, 0.15) is 51.4 Å².